The topological polar surface area (TPSA) is 69.6 Å². The van der Waals surface area contributed by atoms with Gasteiger partial charge in [-0.2, -0.15) is 0 Å². The van der Waals surface area contributed by atoms with E-state index in [1.807, 2.05) is 0 Å². The number of rotatable bonds is 6. The van der Waals surface area contributed by atoms with Crippen molar-refractivity contribution < 1.29 is 15.0 Å². The Morgan fingerprint density at radius 3 is 2.44 bits per heavy atom. The Morgan fingerprint density at radius 2 is 1.94 bits per heavy atom. The highest BCUT2D eigenvalue weighted by Gasteiger charge is 2.36. The fourth-order valence-corrected chi connectivity index (χ4v) is 2.88. The average molecular weight is 255 g/mol. The molecule has 0 radical (unpaired) electrons. The highest BCUT2D eigenvalue weighted by atomic mass is 16.4. The Bertz CT molecular complexity index is 293. The lowest BCUT2D eigenvalue weighted by Crippen LogP contribution is -2.46. The molecule has 2 fully saturated rings. The summed E-state index contributed by atoms with van der Waals surface area (Å²) in [4.78, 5) is 10.9. The molecule has 0 amide bonds. The van der Waals surface area contributed by atoms with E-state index in [2.05, 4.69) is 12.2 Å². The predicted octanol–water partition coefficient (Wildman–Crippen LogP) is 1.77. The van der Waals surface area contributed by atoms with Crippen LogP contribution < -0.4 is 5.32 Å². The molecular weight excluding hydrogens is 230 g/mol. The summed E-state index contributed by atoms with van der Waals surface area (Å²) in [5.74, 6) is -0.0776. The molecule has 1 unspecified atom stereocenters. The van der Waals surface area contributed by atoms with E-state index >= 15 is 0 Å². The molecule has 0 bridgehead atoms. The maximum absolute atomic E-state index is 10.9. The van der Waals surface area contributed by atoms with E-state index in [9.17, 15) is 9.90 Å². The van der Waals surface area contributed by atoms with Crippen LogP contribution in [0.4, 0.5) is 0 Å². The van der Waals surface area contributed by atoms with Crippen LogP contribution in [0.2, 0.25) is 0 Å². The third-order valence-corrected chi connectivity index (χ3v) is 4.43. The molecule has 0 heterocycles. The van der Waals surface area contributed by atoms with E-state index in [-0.39, 0.29) is 5.92 Å². The van der Waals surface area contributed by atoms with Crippen molar-refractivity contribution in [3.05, 3.63) is 0 Å². The van der Waals surface area contributed by atoms with Crippen molar-refractivity contribution in [2.24, 2.45) is 11.8 Å². The van der Waals surface area contributed by atoms with Crippen LogP contribution in [0, 0.1) is 11.8 Å². The minimum absolute atomic E-state index is 0.255. The van der Waals surface area contributed by atoms with Crippen molar-refractivity contribution >= 4 is 5.97 Å². The Kier molecular flexibility index (Phi) is 4.28. The van der Waals surface area contributed by atoms with E-state index in [0.717, 1.165) is 5.92 Å². The van der Waals surface area contributed by atoms with Crippen LogP contribution in [0.15, 0.2) is 0 Å². The van der Waals surface area contributed by atoms with Gasteiger partial charge in [0.15, 0.2) is 0 Å². The molecule has 2 rings (SSSR count). The van der Waals surface area contributed by atoms with E-state index in [4.69, 9.17) is 5.11 Å². The van der Waals surface area contributed by atoms with Gasteiger partial charge in [-0.05, 0) is 44.9 Å². The van der Waals surface area contributed by atoms with Crippen molar-refractivity contribution in [1.29, 1.82) is 0 Å². The van der Waals surface area contributed by atoms with Crippen LogP contribution in [0.1, 0.15) is 51.9 Å². The van der Waals surface area contributed by atoms with E-state index in [0.29, 0.717) is 38.3 Å². The van der Waals surface area contributed by atoms with Gasteiger partial charge in [-0.1, -0.05) is 12.8 Å². The zero-order valence-corrected chi connectivity index (χ0v) is 11.2. The maximum Gasteiger partial charge on any atom is 0.306 e. The minimum atomic E-state index is -0.716. The lowest BCUT2D eigenvalue weighted by atomic mass is 9.78. The predicted molar refractivity (Wildman–Crippen MR) is 69.3 cm³/mol. The first kappa shape index (κ1) is 13.8. The number of nitrogens with one attached hydrogen (secondary N) is 1. The quantitative estimate of drug-likeness (QED) is 0.676. The first-order chi connectivity index (χ1) is 8.48. The molecule has 104 valence electrons. The molecular formula is C14H25NO3. The molecule has 2 saturated carbocycles. The molecule has 0 aromatic carbocycles. The van der Waals surface area contributed by atoms with Gasteiger partial charge in [0.2, 0.25) is 0 Å². The van der Waals surface area contributed by atoms with Gasteiger partial charge in [0.25, 0.3) is 0 Å². The standard InChI is InChI=1S/C14H25NO3/c1-10(8-11-2-3-11)15-9-14(18)6-4-12(5-7-14)13(16)17/h10-12,15,18H,2-9H2,1H3,(H,16,17). The lowest BCUT2D eigenvalue weighted by molar-refractivity contribution is -0.144. The Balaban J connectivity index is 1.69. The van der Waals surface area contributed by atoms with Crippen LogP contribution in [0.5, 0.6) is 0 Å². The highest BCUT2D eigenvalue weighted by Crippen LogP contribution is 2.34. The molecule has 4 heteroatoms. The van der Waals surface area contributed by atoms with Gasteiger partial charge in [0.05, 0.1) is 11.5 Å². The zero-order valence-electron chi connectivity index (χ0n) is 11.2. The van der Waals surface area contributed by atoms with Crippen LogP contribution in [0.3, 0.4) is 0 Å². The average Bonchev–Trinajstić information content (AvgIpc) is 3.11. The van der Waals surface area contributed by atoms with E-state index in [1.165, 1.54) is 19.3 Å². The van der Waals surface area contributed by atoms with Crippen LogP contribution >= 0.6 is 0 Å². The third-order valence-electron chi connectivity index (χ3n) is 4.43. The SMILES string of the molecule is CC(CC1CC1)NCC1(O)CCC(C(=O)O)CC1. The summed E-state index contributed by atoms with van der Waals surface area (Å²) < 4.78 is 0. The van der Waals surface area contributed by atoms with Gasteiger partial charge in [0, 0.05) is 12.6 Å². The molecule has 1 atom stereocenters. The third kappa shape index (κ3) is 3.95. The highest BCUT2D eigenvalue weighted by molar-refractivity contribution is 5.70. The van der Waals surface area contributed by atoms with Gasteiger partial charge < -0.3 is 15.5 Å². The molecule has 0 aromatic rings. The molecule has 18 heavy (non-hydrogen) atoms. The first-order valence-corrected chi connectivity index (χ1v) is 7.17. The van der Waals surface area contributed by atoms with Gasteiger partial charge in [0.1, 0.15) is 0 Å². The van der Waals surface area contributed by atoms with E-state index < -0.39 is 11.6 Å². The normalized spacial score (nSPS) is 34.2. The van der Waals surface area contributed by atoms with Crippen LogP contribution in [0.25, 0.3) is 0 Å². The summed E-state index contributed by atoms with van der Waals surface area (Å²) in [5.41, 5.74) is -0.691. The van der Waals surface area contributed by atoms with Gasteiger partial charge >= 0.3 is 5.97 Å². The number of hydrogen-bond donors (Lipinski definition) is 3. The number of hydrogen-bond acceptors (Lipinski definition) is 3. The Hall–Kier alpha value is -0.610. The van der Waals surface area contributed by atoms with Crippen molar-refractivity contribution in [2.75, 3.05) is 6.54 Å². The number of aliphatic carboxylic acids is 1. The zero-order chi connectivity index (χ0) is 13.2. The molecule has 4 nitrogen and oxygen atoms in total. The summed E-state index contributed by atoms with van der Waals surface area (Å²) in [6, 6.07) is 0.457. The number of carboxylic acid groups (broad SMARTS) is 1. The van der Waals surface area contributed by atoms with Crippen molar-refractivity contribution in [3.8, 4) is 0 Å². The molecule has 3 N–H and O–H groups in total. The number of carbonyl (C=O) groups is 1. The largest absolute Gasteiger partial charge is 0.481 e. The Morgan fingerprint density at radius 1 is 1.33 bits per heavy atom. The number of carboxylic acids is 1. The van der Waals surface area contributed by atoms with Gasteiger partial charge in [-0.3, -0.25) is 4.79 Å². The first-order valence-electron chi connectivity index (χ1n) is 7.17. The fourth-order valence-electron chi connectivity index (χ4n) is 2.88. The molecule has 0 saturated heterocycles. The summed E-state index contributed by atoms with van der Waals surface area (Å²) in [7, 11) is 0. The van der Waals surface area contributed by atoms with Crippen molar-refractivity contribution in [2.45, 2.75) is 63.5 Å². The van der Waals surface area contributed by atoms with Crippen LogP contribution in [-0.2, 0) is 4.79 Å². The van der Waals surface area contributed by atoms with Gasteiger partial charge in [-0.15, -0.1) is 0 Å². The van der Waals surface area contributed by atoms with Crippen molar-refractivity contribution in [3.63, 3.8) is 0 Å². The van der Waals surface area contributed by atoms with E-state index in [1.54, 1.807) is 0 Å². The van der Waals surface area contributed by atoms with Crippen molar-refractivity contribution in [1.82, 2.24) is 5.32 Å². The second-order valence-electron chi connectivity index (χ2n) is 6.30. The molecule has 0 aliphatic heterocycles. The summed E-state index contributed by atoms with van der Waals surface area (Å²) in [6.07, 6.45) is 6.33. The molecule has 0 aromatic heterocycles. The smallest absolute Gasteiger partial charge is 0.306 e. The fraction of sp³-hybridized carbons (Fsp3) is 0.929. The van der Waals surface area contributed by atoms with Gasteiger partial charge in [-0.25, -0.2) is 0 Å². The molecule has 0 spiro atoms. The van der Waals surface area contributed by atoms with Crippen LogP contribution in [-0.4, -0.2) is 34.4 Å². The minimum Gasteiger partial charge on any atom is -0.481 e. The second kappa shape index (κ2) is 5.57. The molecule has 2 aliphatic rings. The second-order valence-corrected chi connectivity index (χ2v) is 6.30. The lowest BCUT2D eigenvalue weighted by Gasteiger charge is -2.35. The Labute approximate surface area is 109 Å². The summed E-state index contributed by atoms with van der Waals surface area (Å²) >= 11 is 0. The summed E-state index contributed by atoms with van der Waals surface area (Å²) in [5, 5.41) is 22.8. The summed E-state index contributed by atoms with van der Waals surface area (Å²) in [6.45, 7) is 2.78. The monoisotopic (exact) mass is 255 g/mol. The molecule has 2 aliphatic carbocycles. The maximum atomic E-state index is 10.9. The number of aliphatic hydroxyl groups is 1.